The van der Waals surface area contributed by atoms with Gasteiger partial charge in [0.05, 0.1) is 13.5 Å². The second-order valence-corrected chi connectivity index (χ2v) is 4.23. The molecule has 2 amide bonds. The van der Waals surface area contributed by atoms with E-state index in [2.05, 4.69) is 15.4 Å². The van der Waals surface area contributed by atoms with Crippen molar-refractivity contribution in [1.82, 2.24) is 5.32 Å². The smallest absolute Gasteiger partial charge is 0.326 e. The first-order chi connectivity index (χ1) is 9.83. The number of nitrogens with one attached hydrogen (secondary N) is 2. The van der Waals surface area contributed by atoms with Crippen LogP contribution in [-0.2, 0) is 14.3 Å². The Hall–Kier alpha value is -2.64. The van der Waals surface area contributed by atoms with Crippen molar-refractivity contribution in [2.45, 2.75) is 19.4 Å². The fourth-order valence-electron chi connectivity index (χ4n) is 1.53. The molecule has 0 radical (unpaired) electrons. The number of esters is 1. The summed E-state index contributed by atoms with van der Waals surface area (Å²) in [5.41, 5.74) is 0.807. The fraction of sp³-hybridized carbons (Fsp3) is 0.308. The van der Waals surface area contributed by atoms with Crippen molar-refractivity contribution in [3.05, 3.63) is 29.6 Å². The van der Waals surface area contributed by atoms with E-state index in [0.29, 0.717) is 11.3 Å². The molecule has 0 unspecified atom stereocenters. The lowest BCUT2D eigenvalue weighted by Crippen LogP contribution is -2.44. The highest BCUT2D eigenvalue weighted by Gasteiger charge is 2.23. The van der Waals surface area contributed by atoms with Crippen molar-refractivity contribution in [3.63, 3.8) is 0 Å². The van der Waals surface area contributed by atoms with E-state index in [1.54, 1.807) is 6.92 Å². The van der Waals surface area contributed by atoms with E-state index in [-0.39, 0.29) is 0 Å². The number of hydrogen-bond donors (Lipinski definition) is 3. The molecule has 8 heteroatoms. The first-order valence-corrected chi connectivity index (χ1v) is 5.96. The maximum absolute atomic E-state index is 12.9. The van der Waals surface area contributed by atoms with Gasteiger partial charge in [-0.05, 0) is 30.7 Å². The molecule has 0 heterocycles. The van der Waals surface area contributed by atoms with Gasteiger partial charge in [0.25, 0.3) is 0 Å². The third-order valence-corrected chi connectivity index (χ3v) is 2.64. The second-order valence-electron chi connectivity index (χ2n) is 4.23. The van der Waals surface area contributed by atoms with Crippen LogP contribution < -0.4 is 10.6 Å². The number of carbonyl (C=O) groups is 3. The maximum atomic E-state index is 12.9. The van der Waals surface area contributed by atoms with E-state index in [9.17, 15) is 18.8 Å². The molecule has 0 spiro atoms. The van der Waals surface area contributed by atoms with Crippen molar-refractivity contribution in [2.75, 3.05) is 12.4 Å². The average Bonchev–Trinajstić information content (AvgIpc) is 2.40. The summed E-state index contributed by atoms with van der Waals surface area (Å²) in [6.45, 7) is 1.59. The quantitative estimate of drug-likeness (QED) is 0.710. The van der Waals surface area contributed by atoms with Crippen molar-refractivity contribution in [3.8, 4) is 0 Å². The highest BCUT2D eigenvalue weighted by molar-refractivity contribution is 5.94. The Labute approximate surface area is 120 Å². The van der Waals surface area contributed by atoms with Gasteiger partial charge in [0, 0.05) is 5.69 Å². The van der Waals surface area contributed by atoms with E-state index in [1.807, 2.05) is 0 Å². The summed E-state index contributed by atoms with van der Waals surface area (Å²) < 4.78 is 17.3. The van der Waals surface area contributed by atoms with Gasteiger partial charge in [-0.1, -0.05) is 0 Å². The minimum absolute atomic E-state index is 0.330. The lowest BCUT2D eigenvalue weighted by Gasteiger charge is -2.15. The predicted octanol–water partition coefficient (Wildman–Crippen LogP) is 1.27. The Kier molecular flexibility index (Phi) is 5.65. The number of carboxylic acid groups (broad SMARTS) is 1. The summed E-state index contributed by atoms with van der Waals surface area (Å²) in [5.74, 6) is -2.58. The molecule has 0 saturated heterocycles. The van der Waals surface area contributed by atoms with Gasteiger partial charge in [0.1, 0.15) is 11.9 Å². The topological polar surface area (TPSA) is 105 Å². The Morgan fingerprint density at radius 2 is 2.05 bits per heavy atom. The van der Waals surface area contributed by atoms with Gasteiger partial charge in [-0.25, -0.2) is 14.0 Å². The Balaban J connectivity index is 2.69. The van der Waals surface area contributed by atoms with Gasteiger partial charge < -0.3 is 20.5 Å². The van der Waals surface area contributed by atoms with E-state index in [1.165, 1.54) is 12.1 Å². The summed E-state index contributed by atoms with van der Waals surface area (Å²) in [6, 6.07) is 1.49. The summed E-state index contributed by atoms with van der Waals surface area (Å²) in [4.78, 5) is 33.7. The number of halogens is 1. The normalized spacial score (nSPS) is 11.4. The molecule has 0 aromatic heterocycles. The number of amides is 2. The Morgan fingerprint density at radius 1 is 1.38 bits per heavy atom. The standard InChI is InChI=1S/C13H15FN2O5/c1-7-5-8(14)3-4-9(7)15-13(20)16-10(12(18)19)6-11(17)21-2/h3-5,10H,6H2,1-2H3,(H,18,19)(H2,15,16,20)/t10-/m0/s1. The minimum atomic E-state index is -1.42. The molecule has 1 atom stereocenters. The largest absolute Gasteiger partial charge is 0.480 e. The van der Waals surface area contributed by atoms with Crippen LogP contribution in [-0.4, -0.2) is 36.2 Å². The van der Waals surface area contributed by atoms with Crippen molar-refractivity contribution in [1.29, 1.82) is 0 Å². The molecule has 0 aliphatic carbocycles. The summed E-state index contributed by atoms with van der Waals surface area (Å²) in [7, 11) is 1.11. The Morgan fingerprint density at radius 3 is 2.57 bits per heavy atom. The summed E-state index contributed by atoms with van der Waals surface area (Å²) in [6.07, 6.45) is -0.498. The first-order valence-electron chi connectivity index (χ1n) is 5.96. The molecule has 0 fully saturated rings. The third-order valence-electron chi connectivity index (χ3n) is 2.64. The molecular weight excluding hydrogens is 283 g/mol. The van der Waals surface area contributed by atoms with Gasteiger partial charge in [0.2, 0.25) is 0 Å². The molecule has 21 heavy (non-hydrogen) atoms. The van der Waals surface area contributed by atoms with Crippen LogP contribution in [0, 0.1) is 12.7 Å². The number of carboxylic acids is 1. The molecule has 0 aliphatic heterocycles. The third kappa shape index (κ3) is 5.09. The van der Waals surface area contributed by atoms with Crippen LogP contribution >= 0.6 is 0 Å². The number of rotatable bonds is 5. The molecule has 1 rings (SSSR count). The lowest BCUT2D eigenvalue weighted by atomic mass is 10.2. The molecule has 114 valence electrons. The zero-order chi connectivity index (χ0) is 16.0. The molecule has 1 aromatic carbocycles. The number of ether oxygens (including phenoxy) is 1. The van der Waals surface area contributed by atoms with Crippen LogP contribution in [0.2, 0.25) is 0 Å². The summed E-state index contributed by atoms with van der Waals surface area (Å²) >= 11 is 0. The van der Waals surface area contributed by atoms with Crippen LogP contribution in [0.25, 0.3) is 0 Å². The average molecular weight is 298 g/mol. The van der Waals surface area contributed by atoms with Gasteiger partial charge in [-0.15, -0.1) is 0 Å². The number of aliphatic carboxylic acids is 1. The number of benzene rings is 1. The van der Waals surface area contributed by atoms with Crippen LogP contribution in [0.5, 0.6) is 0 Å². The monoisotopic (exact) mass is 298 g/mol. The number of aryl methyl sites for hydroxylation is 1. The molecule has 0 saturated carbocycles. The molecule has 0 bridgehead atoms. The number of carbonyl (C=O) groups excluding carboxylic acids is 2. The van der Waals surface area contributed by atoms with E-state index in [0.717, 1.165) is 13.2 Å². The number of anilines is 1. The predicted molar refractivity (Wildman–Crippen MR) is 71.3 cm³/mol. The molecule has 7 nitrogen and oxygen atoms in total. The van der Waals surface area contributed by atoms with E-state index < -0.39 is 36.2 Å². The minimum Gasteiger partial charge on any atom is -0.480 e. The van der Waals surface area contributed by atoms with Gasteiger partial charge in [-0.2, -0.15) is 0 Å². The highest BCUT2D eigenvalue weighted by atomic mass is 19.1. The molecular formula is C13H15FN2O5. The summed E-state index contributed by atoms with van der Waals surface area (Å²) in [5, 5.41) is 13.4. The zero-order valence-corrected chi connectivity index (χ0v) is 11.5. The zero-order valence-electron chi connectivity index (χ0n) is 11.5. The molecule has 0 aliphatic rings. The number of methoxy groups -OCH3 is 1. The van der Waals surface area contributed by atoms with Gasteiger partial charge in [0.15, 0.2) is 0 Å². The van der Waals surface area contributed by atoms with Gasteiger partial charge >= 0.3 is 18.0 Å². The van der Waals surface area contributed by atoms with E-state index in [4.69, 9.17) is 5.11 Å². The SMILES string of the molecule is COC(=O)C[C@H](NC(=O)Nc1ccc(F)cc1C)C(=O)O. The van der Waals surface area contributed by atoms with Crippen LogP contribution in [0.15, 0.2) is 18.2 Å². The second kappa shape index (κ2) is 7.22. The fourth-order valence-corrected chi connectivity index (χ4v) is 1.53. The molecule has 1 aromatic rings. The highest BCUT2D eigenvalue weighted by Crippen LogP contribution is 2.15. The number of hydrogen-bond acceptors (Lipinski definition) is 4. The number of urea groups is 1. The van der Waals surface area contributed by atoms with Crippen molar-refractivity contribution >= 4 is 23.7 Å². The van der Waals surface area contributed by atoms with Crippen LogP contribution in [0.4, 0.5) is 14.9 Å². The van der Waals surface area contributed by atoms with Crippen LogP contribution in [0.3, 0.4) is 0 Å². The Bertz CT molecular complexity index is 561. The van der Waals surface area contributed by atoms with Gasteiger partial charge in [-0.3, -0.25) is 4.79 Å². The lowest BCUT2D eigenvalue weighted by molar-refractivity contribution is -0.147. The first kappa shape index (κ1) is 16.4. The molecule has 3 N–H and O–H groups in total. The van der Waals surface area contributed by atoms with Crippen molar-refractivity contribution in [2.24, 2.45) is 0 Å². The van der Waals surface area contributed by atoms with E-state index >= 15 is 0 Å². The van der Waals surface area contributed by atoms with Crippen LogP contribution in [0.1, 0.15) is 12.0 Å². The maximum Gasteiger partial charge on any atom is 0.326 e. The van der Waals surface area contributed by atoms with Crippen molar-refractivity contribution < 1.29 is 28.6 Å².